The van der Waals surface area contributed by atoms with Gasteiger partial charge < -0.3 is 5.32 Å². The molecule has 5 nitrogen and oxygen atoms in total. The Bertz CT molecular complexity index is 823. The van der Waals surface area contributed by atoms with E-state index in [1.54, 1.807) is 24.3 Å². The molecule has 0 fully saturated rings. The van der Waals surface area contributed by atoms with E-state index in [0.29, 0.717) is 23.5 Å². The second kappa shape index (κ2) is 7.52. The lowest BCUT2D eigenvalue weighted by Crippen LogP contribution is -2.31. The number of amides is 3. The molecule has 0 saturated carbocycles. The molecule has 0 aromatic heterocycles. The van der Waals surface area contributed by atoms with Crippen LogP contribution in [0, 0.1) is 0 Å². The minimum absolute atomic E-state index is 0.116. The van der Waals surface area contributed by atoms with Gasteiger partial charge in [-0.25, -0.2) is 0 Å². The lowest BCUT2D eigenvalue weighted by atomic mass is 10.0. The van der Waals surface area contributed by atoms with Gasteiger partial charge in [-0.05, 0) is 36.1 Å². The Balaban J connectivity index is 1.56. The first kappa shape index (κ1) is 17.9. The maximum Gasteiger partial charge on any atom is 0.261 e. The highest BCUT2D eigenvalue weighted by Crippen LogP contribution is 2.24. The predicted octanol–water partition coefficient (Wildman–Crippen LogP) is 3.82. The van der Waals surface area contributed by atoms with E-state index in [-0.39, 0.29) is 30.7 Å². The van der Waals surface area contributed by atoms with Crippen molar-refractivity contribution in [2.24, 2.45) is 0 Å². The molecule has 0 saturated heterocycles. The summed E-state index contributed by atoms with van der Waals surface area (Å²) >= 11 is 0. The van der Waals surface area contributed by atoms with Crippen LogP contribution in [0.15, 0.2) is 48.5 Å². The molecule has 26 heavy (non-hydrogen) atoms. The maximum absolute atomic E-state index is 12.3. The molecular formula is C21H22N2O3. The average molecular weight is 350 g/mol. The van der Waals surface area contributed by atoms with E-state index in [4.69, 9.17) is 0 Å². The van der Waals surface area contributed by atoms with E-state index in [1.807, 2.05) is 24.3 Å². The molecule has 1 heterocycles. The van der Waals surface area contributed by atoms with Crippen molar-refractivity contribution in [2.75, 3.05) is 11.9 Å². The fraction of sp³-hybridized carbons (Fsp3) is 0.286. The second-order valence-electron chi connectivity index (χ2n) is 6.70. The van der Waals surface area contributed by atoms with E-state index in [1.165, 1.54) is 4.90 Å². The highest BCUT2D eigenvalue weighted by atomic mass is 16.2. The molecule has 1 N–H and O–H groups in total. The molecule has 0 bridgehead atoms. The van der Waals surface area contributed by atoms with Crippen LogP contribution in [0.1, 0.15) is 58.9 Å². The van der Waals surface area contributed by atoms with Crippen LogP contribution in [0.4, 0.5) is 5.69 Å². The number of benzene rings is 2. The summed E-state index contributed by atoms with van der Waals surface area (Å²) in [6, 6.07) is 14.5. The van der Waals surface area contributed by atoms with E-state index < -0.39 is 0 Å². The van der Waals surface area contributed by atoms with Crippen LogP contribution in [-0.2, 0) is 4.79 Å². The number of carbonyl (C=O) groups is 3. The summed E-state index contributed by atoms with van der Waals surface area (Å²) in [5.41, 5.74) is 2.77. The zero-order valence-corrected chi connectivity index (χ0v) is 15.0. The van der Waals surface area contributed by atoms with E-state index in [2.05, 4.69) is 19.2 Å². The third kappa shape index (κ3) is 3.52. The SMILES string of the molecule is CC(C)c1ccccc1NC(=O)CCCN1C(=O)c2ccccc2C1=O. The third-order valence-corrected chi connectivity index (χ3v) is 4.52. The van der Waals surface area contributed by atoms with Gasteiger partial charge in [0.2, 0.25) is 5.91 Å². The summed E-state index contributed by atoms with van der Waals surface area (Å²) in [5.74, 6) is -0.369. The predicted molar refractivity (Wildman–Crippen MR) is 100 cm³/mol. The molecule has 0 radical (unpaired) electrons. The zero-order valence-electron chi connectivity index (χ0n) is 15.0. The van der Waals surface area contributed by atoms with Gasteiger partial charge in [0.15, 0.2) is 0 Å². The van der Waals surface area contributed by atoms with Gasteiger partial charge in [0.05, 0.1) is 11.1 Å². The third-order valence-electron chi connectivity index (χ3n) is 4.52. The van der Waals surface area contributed by atoms with Crippen LogP contribution in [0.25, 0.3) is 0 Å². The lowest BCUT2D eigenvalue weighted by molar-refractivity contribution is -0.116. The van der Waals surface area contributed by atoms with Gasteiger partial charge in [-0.3, -0.25) is 19.3 Å². The molecule has 0 unspecified atom stereocenters. The van der Waals surface area contributed by atoms with Crippen molar-refractivity contribution < 1.29 is 14.4 Å². The molecule has 1 aliphatic rings. The Hall–Kier alpha value is -2.95. The van der Waals surface area contributed by atoms with Crippen molar-refractivity contribution in [2.45, 2.75) is 32.6 Å². The van der Waals surface area contributed by atoms with Gasteiger partial charge in [0.1, 0.15) is 0 Å². The first-order chi connectivity index (χ1) is 12.5. The number of para-hydroxylation sites is 1. The van der Waals surface area contributed by atoms with Crippen molar-refractivity contribution in [3.8, 4) is 0 Å². The van der Waals surface area contributed by atoms with Crippen LogP contribution >= 0.6 is 0 Å². The fourth-order valence-electron chi connectivity index (χ4n) is 3.17. The van der Waals surface area contributed by atoms with Crippen LogP contribution in [0.3, 0.4) is 0 Å². The number of nitrogens with zero attached hydrogens (tertiary/aromatic N) is 1. The summed E-state index contributed by atoms with van der Waals surface area (Å²) in [5, 5.41) is 2.93. The zero-order chi connectivity index (χ0) is 18.7. The topological polar surface area (TPSA) is 66.5 Å². The Morgan fingerprint density at radius 1 is 0.962 bits per heavy atom. The first-order valence-corrected chi connectivity index (χ1v) is 8.83. The summed E-state index contributed by atoms with van der Waals surface area (Å²) in [7, 11) is 0. The fourth-order valence-corrected chi connectivity index (χ4v) is 3.17. The largest absolute Gasteiger partial charge is 0.326 e. The number of carbonyl (C=O) groups excluding carboxylic acids is 3. The van der Waals surface area contributed by atoms with Crippen LogP contribution in [-0.4, -0.2) is 29.2 Å². The monoisotopic (exact) mass is 350 g/mol. The van der Waals surface area contributed by atoms with Gasteiger partial charge in [0, 0.05) is 18.7 Å². The molecule has 3 rings (SSSR count). The summed E-state index contributed by atoms with van der Waals surface area (Å²) in [4.78, 5) is 38.1. The molecule has 134 valence electrons. The van der Waals surface area contributed by atoms with E-state index in [9.17, 15) is 14.4 Å². The van der Waals surface area contributed by atoms with Crippen LogP contribution in [0.2, 0.25) is 0 Å². The molecule has 2 aromatic carbocycles. The number of nitrogens with one attached hydrogen (secondary N) is 1. The quantitative estimate of drug-likeness (QED) is 0.805. The van der Waals surface area contributed by atoms with Gasteiger partial charge >= 0.3 is 0 Å². The molecule has 0 spiro atoms. The van der Waals surface area contributed by atoms with Gasteiger partial charge in [-0.1, -0.05) is 44.2 Å². The number of hydrogen-bond acceptors (Lipinski definition) is 3. The smallest absolute Gasteiger partial charge is 0.261 e. The van der Waals surface area contributed by atoms with Crippen molar-refractivity contribution in [3.63, 3.8) is 0 Å². The minimum Gasteiger partial charge on any atom is -0.326 e. The Morgan fingerprint density at radius 2 is 1.54 bits per heavy atom. The molecular weight excluding hydrogens is 328 g/mol. The second-order valence-corrected chi connectivity index (χ2v) is 6.70. The van der Waals surface area contributed by atoms with Crippen LogP contribution in [0.5, 0.6) is 0 Å². The van der Waals surface area contributed by atoms with Gasteiger partial charge in [0.25, 0.3) is 11.8 Å². The standard InChI is InChI=1S/C21H22N2O3/c1-14(2)15-8-5-6-11-18(15)22-19(24)12-7-13-23-20(25)16-9-3-4-10-17(16)21(23)26/h3-6,8-11,14H,7,12-13H2,1-2H3,(H,22,24). The van der Waals surface area contributed by atoms with Crippen molar-refractivity contribution in [1.29, 1.82) is 0 Å². The van der Waals surface area contributed by atoms with E-state index in [0.717, 1.165) is 11.3 Å². The first-order valence-electron chi connectivity index (χ1n) is 8.83. The van der Waals surface area contributed by atoms with E-state index >= 15 is 0 Å². The number of hydrogen-bond donors (Lipinski definition) is 1. The maximum atomic E-state index is 12.3. The Morgan fingerprint density at radius 3 is 2.15 bits per heavy atom. The molecule has 0 aliphatic carbocycles. The lowest BCUT2D eigenvalue weighted by Gasteiger charge is -2.15. The van der Waals surface area contributed by atoms with Gasteiger partial charge in [-0.15, -0.1) is 0 Å². The van der Waals surface area contributed by atoms with Crippen molar-refractivity contribution in [3.05, 3.63) is 65.2 Å². The van der Waals surface area contributed by atoms with Crippen molar-refractivity contribution in [1.82, 2.24) is 4.90 Å². The minimum atomic E-state index is -0.281. The number of rotatable bonds is 6. The molecule has 3 amide bonds. The summed E-state index contributed by atoms with van der Waals surface area (Å²) in [6.07, 6.45) is 0.682. The van der Waals surface area contributed by atoms with Gasteiger partial charge in [-0.2, -0.15) is 0 Å². The van der Waals surface area contributed by atoms with Crippen molar-refractivity contribution >= 4 is 23.4 Å². The number of imide groups is 1. The number of fused-ring (bicyclic) bond motifs is 1. The highest BCUT2D eigenvalue weighted by Gasteiger charge is 2.34. The number of anilines is 1. The Labute approximate surface area is 153 Å². The highest BCUT2D eigenvalue weighted by molar-refractivity contribution is 6.21. The average Bonchev–Trinajstić information content (AvgIpc) is 2.87. The van der Waals surface area contributed by atoms with Crippen LogP contribution < -0.4 is 5.32 Å². The Kier molecular flexibility index (Phi) is 5.16. The molecule has 5 heteroatoms. The molecule has 2 aromatic rings. The summed E-state index contributed by atoms with van der Waals surface area (Å²) in [6.45, 7) is 4.39. The molecule has 1 aliphatic heterocycles. The summed E-state index contributed by atoms with van der Waals surface area (Å²) < 4.78 is 0. The normalized spacial score (nSPS) is 13.3. The molecule has 0 atom stereocenters.